The summed E-state index contributed by atoms with van der Waals surface area (Å²) < 4.78 is 10.8. The first-order chi connectivity index (χ1) is 11.8. The number of carbonyl (C=O) groups excluding carboxylic acids is 3. The van der Waals surface area contributed by atoms with E-state index in [9.17, 15) is 24.6 Å². The third-order valence-electron chi connectivity index (χ3n) is 4.51. The molecule has 0 radical (unpaired) electrons. The number of amides is 1. The predicted octanol–water partition coefficient (Wildman–Crippen LogP) is -3.64. The second-order valence-electron chi connectivity index (χ2n) is 6.49. The van der Waals surface area contributed by atoms with E-state index in [-0.39, 0.29) is 47.8 Å². The van der Waals surface area contributed by atoms with Crippen LogP contribution in [0, 0.1) is 5.92 Å². The van der Waals surface area contributed by atoms with Crippen LogP contribution in [0.15, 0.2) is 10.6 Å². The molecule has 0 aromatic rings. The van der Waals surface area contributed by atoms with Crippen molar-refractivity contribution in [2.45, 2.75) is 56.8 Å². The van der Waals surface area contributed by atoms with Crippen molar-refractivity contribution in [3.63, 3.8) is 0 Å². The summed E-state index contributed by atoms with van der Waals surface area (Å²) in [5.41, 5.74) is -0.120. The Morgan fingerprint density at radius 2 is 2.15 bits per heavy atom. The van der Waals surface area contributed by atoms with Crippen molar-refractivity contribution in [1.29, 1.82) is 0 Å². The molecule has 0 unspecified atom stereocenters. The number of nitrogens with zero attached hydrogens (tertiary/aromatic N) is 1. The van der Waals surface area contributed by atoms with Gasteiger partial charge in [0, 0.05) is 11.5 Å². The van der Waals surface area contributed by atoms with E-state index < -0.39 is 41.3 Å². The molecule has 0 aliphatic carbocycles. The van der Waals surface area contributed by atoms with Gasteiger partial charge in [0.25, 0.3) is 0 Å². The molecular weight excluding hydrogens is 373 g/mol. The molecule has 2 fully saturated rings. The van der Waals surface area contributed by atoms with Crippen molar-refractivity contribution in [1.82, 2.24) is 4.90 Å². The predicted molar refractivity (Wildman–Crippen MR) is 84.6 cm³/mol. The van der Waals surface area contributed by atoms with E-state index >= 15 is 0 Å². The van der Waals surface area contributed by atoms with Crippen LogP contribution in [0.1, 0.15) is 33.1 Å². The summed E-state index contributed by atoms with van der Waals surface area (Å²) >= 11 is 1.27. The van der Waals surface area contributed by atoms with Crippen molar-refractivity contribution < 1.29 is 63.6 Å². The van der Waals surface area contributed by atoms with Crippen LogP contribution >= 0.6 is 11.8 Å². The number of fused-ring (bicyclic) bond motifs is 1. The standard InChI is InChI=1S/C16H21NO7S.Na/c1-7(18)6-10(19)24-8(2)11-14(20)17-12(16(21)22)13(25-15(11)17)9-4-3-5-23-9;/h7-9,11,15,18H,3-6H2,1-2H3,(H,21,22);/q;+1/p-1/t7-,8-,9-,11+,15-;/m1./s1. The first kappa shape index (κ1) is 21.7. The van der Waals surface area contributed by atoms with Gasteiger partial charge in [0.2, 0.25) is 5.91 Å². The average Bonchev–Trinajstić information content (AvgIpc) is 3.10. The first-order valence-corrected chi connectivity index (χ1v) is 9.13. The van der Waals surface area contributed by atoms with Gasteiger partial charge >= 0.3 is 35.5 Å². The van der Waals surface area contributed by atoms with Crippen LogP contribution in [-0.4, -0.2) is 58.1 Å². The van der Waals surface area contributed by atoms with Crippen molar-refractivity contribution in [3.05, 3.63) is 10.6 Å². The summed E-state index contributed by atoms with van der Waals surface area (Å²) in [5, 5.41) is 20.3. The van der Waals surface area contributed by atoms with Crippen LogP contribution in [0.4, 0.5) is 0 Å². The van der Waals surface area contributed by atoms with Crippen molar-refractivity contribution in [2.75, 3.05) is 6.61 Å². The zero-order valence-electron chi connectivity index (χ0n) is 15.0. The van der Waals surface area contributed by atoms with Crippen molar-refractivity contribution in [3.8, 4) is 0 Å². The summed E-state index contributed by atoms with van der Waals surface area (Å²) in [4.78, 5) is 37.4. The zero-order chi connectivity index (χ0) is 18.3. The molecule has 3 aliphatic rings. The fraction of sp³-hybridized carbons (Fsp3) is 0.688. The Morgan fingerprint density at radius 3 is 2.69 bits per heavy atom. The molecule has 0 spiro atoms. The van der Waals surface area contributed by atoms with Gasteiger partial charge in [-0.25, -0.2) is 0 Å². The van der Waals surface area contributed by atoms with Gasteiger partial charge in [0.05, 0.1) is 30.3 Å². The third kappa shape index (κ3) is 3.98. The molecule has 0 aromatic heterocycles. The Morgan fingerprint density at radius 1 is 1.46 bits per heavy atom. The number of aliphatic hydroxyl groups is 1. The molecule has 8 nitrogen and oxygen atoms in total. The quantitative estimate of drug-likeness (QED) is 0.279. The van der Waals surface area contributed by atoms with E-state index in [1.165, 1.54) is 23.6 Å². The maximum absolute atomic E-state index is 12.5. The topological polar surface area (TPSA) is 116 Å². The Hall–Kier alpha value is -0.580. The molecule has 10 heteroatoms. The number of β-lactam (4-membered cyclic amide) rings is 1. The van der Waals surface area contributed by atoms with Crippen LogP contribution in [0.5, 0.6) is 0 Å². The molecule has 26 heavy (non-hydrogen) atoms. The molecule has 2 saturated heterocycles. The number of carboxylic acids is 1. The number of esters is 1. The molecular formula is C16H20NNaO7S. The first-order valence-electron chi connectivity index (χ1n) is 8.25. The minimum atomic E-state index is -1.40. The zero-order valence-corrected chi connectivity index (χ0v) is 17.8. The summed E-state index contributed by atoms with van der Waals surface area (Å²) in [7, 11) is 0. The van der Waals surface area contributed by atoms with Gasteiger partial charge < -0.3 is 24.5 Å². The molecule has 0 bridgehead atoms. The average molecular weight is 393 g/mol. The van der Waals surface area contributed by atoms with Crippen LogP contribution in [0.25, 0.3) is 0 Å². The number of carboxylic acid groups (broad SMARTS) is 1. The molecule has 5 atom stereocenters. The molecule has 138 valence electrons. The second kappa shape index (κ2) is 8.62. The smallest absolute Gasteiger partial charge is 0.543 e. The molecule has 3 aliphatic heterocycles. The number of carbonyl (C=O) groups is 3. The molecule has 1 N–H and O–H groups in total. The van der Waals surface area contributed by atoms with E-state index in [0.29, 0.717) is 17.9 Å². The van der Waals surface area contributed by atoms with Gasteiger partial charge in [0.1, 0.15) is 17.4 Å². The van der Waals surface area contributed by atoms with Gasteiger partial charge in [-0.3, -0.25) is 14.5 Å². The summed E-state index contributed by atoms with van der Waals surface area (Å²) in [6.45, 7) is 3.63. The van der Waals surface area contributed by atoms with E-state index in [1.807, 2.05) is 0 Å². The molecule has 1 amide bonds. The Balaban J connectivity index is 0.00000243. The number of thioether (sulfide) groups is 1. The van der Waals surface area contributed by atoms with E-state index in [2.05, 4.69) is 0 Å². The van der Waals surface area contributed by atoms with Gasteiger partial charge in [-0.15, -0.1) is 0 Å². The minimum absolute atomic E-state index is 0. The number of rotatable bonds is 6. The van der Waals surface area contributed by atoms with Gasteiger partial charge in [0.15, 0.2) is 0 Å². The van der Waals surface area contributed by atoms with Crippen molar-refractivity contribution >= 4 is 29.6 Å². The van der Waals surface area contributed by atoms with Gasteiger partial charge in [-0.1, -0.05) is 11.8 Å². The van der Waals surface area contributed by atoms with E-state index in [4.69, 9.17) is 9.47 Å². The SMILES string of the molecule is C[C@@H](O)CC(=O)O[C@H](C)[C@H]1C(=O)N2C(C(=O)[O-])=C([C@H]3CCCO3)S[C@H]12.[Na+]. The van der Waals surface area contributed by atoms with E-state index in [1.54, 1.807) is 6.92 Å². The summed E-state index contributed by atoms with van der Waals surface area (Å²) in [6, 6.07) is 0. The number of aliphatic hydroxyl groups excluding tert-OH is 1. The molecule has 0 saturated carbocycles. The number of hydrogen-bond donors (Lipinski definition) is 1. The molecule has 3 rings (SSSR count). The molecule has 0 aromatic carbocycles. The van der Waals surface area contributed by atoms with Gasteiger partial charge in [-0.05, 0) is 26.7 Å². The number of hydrogen-bond acceptors (Lipinski definition) is 8. The number of aliphatic carboxylic acids is 1. The van der Waals surface area contributed by atoms with Gasteiger partial charge in [-0.2, -0.15) is 0 Å². The van der Waals surface area contributed by atoms with Crippen LogP contribution < -0.4 is 34.7 Å². The van der Waals surface area contributed by atoms with Crippen LogP contribution in [-0.2, 0) is 23.9 Å². The monoisotopic (exact) mass is 393 g/mol. The van der Waals surface area contributed by atoms with Crippen LogP contribution in [0.2, 0.25) is 0 Å². The largest absolute Gasteiger partial charge is 1.00 e. The molecule has 3 heterocycles. The minimum Gasteiger partial charge on any atom is -0.543 e. The van der Waals surface area contributed by atoms with Crippen molar-refractivity contribution in [2.24, 2.45) is 5.92 Å². The van der Waals surface area contributed by atoms with E-state index in [0.717, 1.165) is 6.42 Å². The maximum Gasteiger partial charge on any atom is 1.00 e. The second-order valence-corrected chi connectivity index (χ2v) is 7.65. The van der Waals surface area contributed by atoms with Crippen LogP contribution in [0.3, 0.4) is 0 Å². The number of ether oxygens (including phenoxy) is 2. The maximum atomic E-state index is 12.5. The summed E-state index contributed by atoms with van der Waals surface area (Å²) in [5.74, 6) is -3.02. The fourth-order valence-corrected chi connectivity index (χ4v) is 5.06. The third-order valence-corrected chi connectivity index (χ3v) is 5.96. The Labute approximate surface area is 177 Å². The normalized spacial score (nSPS) is 29.6. The summed E-state index contributed by atoms with van der Waals surface area (Å²) in [6.07, 6.45) is -0.478. The Kier molecular flexibility index (Phi) is 7.20. The fourth-order valence-electron chi connectivity index (χ4n) is 3.37. The Bertz CT molecular complexity index is 632.